The monoisotopic (exact) mass is 293 g/mol. The summed E-state index contributed by atoms with van der Waals surface area (Å²) >= 11 is 0. The van der Waals surface area contributed by atoms with E-state index in [1.807, 2.05) is 0 Å². The number of hydrogen-bond acceptors (Lipinski definition) is 4. The van der Waals surface area contributed by atoms with Crippen LogP contribution in [0.3, 0.4) is 0 Å². The van der Waals surface area contributed by atoms with E-state index in [0.717, 1.165) is 18.7 Å². The molecule has 0 atom stereocenters. The second-order valence-corrected chi connectivity index (χ2v) is 5.26. The fourth-order valence-electron chi connectivity index (χ4n) is 2.44. The van der Waals surface area contributed by atoms with E-state index in [-0.39, 0.29) is 6.61 Å². The summed E-state index contributed by atoms with van der Waals surface area (Å²) in [7, 11) is 0. The molecule has 21 heavy (non-hydrogen) atoms. The summed E-state index contributed by atoms with van der Waals surface area (Å²) < 4.78 is 10.7. The summed E-state index contributed by atoms with van der Waals surface area (Å²) in [6.07, 6.45) is 5.03. The van der Waals surface area contributed by atoms with Gasteiger partial charge in [-0.15, -0.1) is 0 Å². The van der Waals surface area contributed by atoms with Gasteiger partial charge in [-0.3, -0.25) is 0 Å². The van der Waals surface area contributed by atoms with Crippen LogP contribution in [0.2, 0.25) is 0 Å². The van der Waals surface area contributed by atoms with Gasteiger partial charge in [0.2, 0.25) is 0 Å². The molecule has 0 radical (unpaired) electrons. The highest BCUT2D eigenvalue weighted by Crippen LogP contribution is 2.17. The number of benzene rings is 1. The number of carboxylic acid groups (broad SMARTS) is 1. The highest BCUT2D eigenvalue weighted by atomic mass is 16.5. The predicted molar refractivity (Wildman–Crippen MR) is 80.0 cm³/mol. The Bertz CT molecular complexity index is 426. The molecule has 0 aliphatic carbocycles. The lowest BCUT2D eigenvalue weighted by Gasteiger charge is -2.26. The predicted octanol–water partition coefficient (Wildman–Crippen LogP) is 2.40. The van der Waals surface area contributed by atoms with Gasteiger partial charge in [0.15, 0.2) is 6.61 Å². The van der Waals surface area contributed by atoms with Crippen molar-refractivity contribution in [3.8, 4) is 11.5 Å². The molecule has 0 aromatic heterocycles. The van der Waals surface area contributed by atoms with Crippen LogP contribution >= 0.6 is 0 Å². The Hall–Kier alpha value is -1.75. The minimum Gasteiger partial charge on any atom is -0.494 e. The maximum absolute atomic E-state index is 10.4. The molecule has 5 nitrogen and oxygen atoms in total. The smallest absolute Gasteiger partial charge is 0.341 e. The van der Waals surface area contributed by atoms with E-state index in [4.69, 9.17) is 14.6 Å². The summed E-state index contributed by atoms with van der Waals surface area (Å²) in [6.45, 7) is 3.91. The molecule has 2 rings (SSSR count). The number of carbonyl (C=O) groups is 1. The second kappa shape index (κ2) is 8.52. The molecule has 0 amide bonds. The topological polar surface area (TPSA) is 59.0 Å². The Morgan fingerprint density at radius 1 is 1.05 bits per heavy atom. The van der Waals surface area contributed by atoms with Crippen LogP contribution in [0.1, 0.15) is 25.7 Å². The number of rotatable bonds is 8. The van der Waals surface area contributed by atoms with Gasteiger partial charge < -0.3 is 19.5 Å². The summed E-state index contributed by atoms with van der Waals surface area (Å²) in [5, 5.41) is 8.53. The average Bonchev–Trinajstić information content (AvgIpc) is 2.52. The van der Waals surface area contributed by atoms with E-state index in [1.54, 1.807) is 24.3 Å². The van der Waals surface area contributed by atoms with Crippen molar-refractivity contribution in [2.75, 3.05) is 32.8 Å². The number of carboxylic acids is 1. The highest BCUT2D eigenvalue weighted by Gasteiger charge is 2.09. The van der Waals surface area contributed by atoms with Crippen molar-refractivity contribution in [2.45, 2.75) is 25.7 Å². The van der Waals surface area contributed by atoms with E-state index in [2.05, 4.69) is 4.90 Å². The fraction of sp³-hybridized carbons (Fsp3) is 0.562. The normalized spacial score (nSPS) is 15.6. The summed E-state index contributed by atoms with van der Waals surface area (Å²) in [5.41, 5.74) is 0. The van der Waals surface area contributed by atoms with Crippen LogP contribution in [0, 0.1) is 0 Å². The van der Waals surface area contributed by atoms with Crippen molar-refractivity contribution in [3.05, 3.63) is 24.3 Å². The molecular weight excluding hydrogens is 270 g/mol. The third-order valence-electron chi connectivity index (χ3n) is 3.52. The van der Waals surface area contributed by atoms with Crippen LogP contribution in [-0.4, -0.2) is 48.8 Å². The van der Waals surface area contributed by atoms with Crippen LogP contribution in [0.25, 0.3) is 0 Å². The molecule has 0 bridgehead atoms. The van der Waals surface area contributed by atoms with Crippen molar-refractivity contribution in [1.29, 1.82) is 0 Å². The lowest BCUT2D eigenvalue weighted by Crippen LogP contribution is -2.31. The van der Waals surface area contributed by atoms with Crippen LogP contribution < -0.4 is 9.47 Å². The fourth-order valence-corrected chi connectivity index (χ4v) is 2.44. The largest absolute Gasteiger partial charge is 0.494 e. The number of nitrogens with zero attached hydrogens (tertiary/aromatic N) is 1. The Kier molecular flexibility index (Phi) is 6.34. The molecule has 116 valence electrons. The van der Waals surface area contributed by atoms with E-state index in [0.29, 0.717) is 12.4 Å². The van der Waals surface area contributed by atoms with Crippen molar-refractivity contribution in [3.63, 3.8) is 0 Å². The zero-order chi connectivity index (χ0) is 14.9. The Morgan fingerprint density at radius 3 is 2.29 bits per heavy atom. The van der Waals surface area contributed by atoms with Crippen LogP contribution in [0.15, 0.2) is 24.3 Å². The van der Waals surface area contributed by atoms with Gasteiger partial charge in [-0.1, -0.05) is 6.42 Å². The van der Waals surface area contributed by atoms with Gasteiger partial charge in [0.25, 0.3) is 0 Å². The zero-order valence-corrected chi connectivity index (χ0v) is 12.3. The molecular formula is C16H23NO4. The van der Waals surface area contributed by atoms with Gasteiger partial charge in [-0.05, 0) is 56.6 Å². The standard InChI is InChI=1S/C16H23NO4/c18-16(19)13-21-15-7-5-14(6-8-15)20-12-4-11-17-9-2-1-3-10-17/h5-8H,1-4,9-13H2,(H,18,19). The van der Waals surface area contributed by atoms with Gasteiger partial charge in [0, 0.05) is 6.54 Å². The summed E-state index contributed by atoms with van der Waals surface area (Å²) in [4.78, 5) is 12.9. The van der Waals surface area contributed by atoms with Crippen molar-refractivity contribution in [2.24, 2.45) is 0 Å². The number of hydrogen-bond donors (Lipinski definition) is 1. The third kappa shape index (κ3) is 6.04. The van der Waals surface area contributed by atoms with E-state index < -0.39 is 5.97 Å². The molecule has 1 fully saturated rings. The van der Waals surface area contributed by atoms with Crippen LogP contribution in [0.4, 0.5) is 0 Å². The number of ether oxygens (including phenoxy) is 2. The Balaban J connectivity index is 1.62. The molecule has 1 aromatic rings. The first kappa shape index (κ1) is 15.6. The zero-order valence-electron chi connectivity index (χ0n) is 12.3. The van der Waals surface area contributed by atoms with Crippen molar-refractivity contribution in [1.82, 2.24) is 4.90 Å². The van der Waals surface area contributed by atoms with Crippen LogP contribution in [0.5, 0.6) is 11.5 Å². The van der Waals surface area contributed by atoms with E-state index in [9.17, 15) is 4.79 Å². The summed E-state index contributed by atoms with van der Waals surface area (Å²) in [5.74, 6) is 0.349. The first-order valence-electron chi connectivity index (χ1n) is 7.54. The highest BCUT2D eigenvalue weighted by molar-refractivity contribution is 5.68. The molecule has 0 unspecified atom stereocenters. The molecule has 0 spiro atoms. The van der Waals surface area contributed by atoms with Crippen molar-refractivity contribution < 1.29 is 19.4 Å². The van der Waals surface area contributed by atoms with Gasteiger partial charge >= 0.3 is 5.97 Å². The van der Waals surface area contributed by atoms with Gasteiger partial charge in [-0.2, -0.15) is 0 Å². The van der Waals surface area contributed by atoms with Crippen LogP contribution in [-0.2, 0) is 4.79 Å². The SMILES string of the molecule is O=C(O)COc1ccc(OCCCN2CCCCC2)cc1. The molecule has 0 saturated carbocycles. The molecule has 1 aliphatic heterocycles. The minimum atomic E-state index is -0.979. The Labute approximate surface area is 125 Å². The summed E-state index contributed by atoms with van der Waals surface area (Å²) in [6, 6.07) is 7.06. The second-order valence-electron chi connectivity index (χ2n) is 5.26. The number of aliphatic carboxylic acids is 1. The molecule has 1 aromatic carbocycles. The van der Waals surface area contributed by atoms with Gasteiger partial charge in [0.1, 0.15) is 11.5 Å². The number of piperidine rings is 1. The average molecular weight is 293 g/mol. The molecule has 1 aliphatic rings. The van der Waals surface area contributed by atoms with Crippen molar-refractivity contribution >= 4 is 5.97 Å². The quantitative estimate of drug-likeness (QED) is 0.746. The minimum absolute atomic E-state index is 0.323. The van der Waals surface area contributed by atoms with Gasteiger partial charge in [0.05, 0.1) is 6.61 Å². The maximum Gasteiger partial charge on any atom is 0.341 e. The number of likely N-dealkylation sites (tertiary alicyclic amines) is 1. The third-order valence-corrected chi connectivity index (χ3v) is 3.52. The van der Waals surface area contributed by atoms with Gasteiger partial charge in [-0.25, -0.2) is 4.79 Å². The molecule has 1 heterocycles. The lowest BCUT2D eigenvalue weighted by atomic mass is 10.1. The van der Waals surface area contributed by atoms with E-state index >= 15 is 0 Å². The van der Waals surface area contributed by atoms with E-state index in [1.165, 1.54) is 32.4 Å². The Morgan fingerprint density at radius 2 is 1.67 bits per heavy atom. The maximum atomic E-state index is 10.4. The molecule has 5 heteroatoms. The molecule has 1 N–H and O–H groups in total. The first-order valence-corrected chi connectivity index (χ1v) is 7.54. The first-order chi connectivity index (χ1) is 10.2. The molecule has 1 saturated heterocycles. The lowest BCUT2D eigenvalue weighted by molar-refractivity contribution is -0.139.